The van der Waals surface area contributed by atoms with Gasteiger partial charge in [0.1, 0.15) is 5.76 Å². The van der Waals surface area contributed by atoms with Crippen molar-refractivity contribution in [1.29, 1.82) is 0 Å². The van der Waals surface area contributed by atoms with Crippen molar-refractivity contribution < 1.29 is 4.42 Å². The molecule has 14 heavy (non-hydrogen) atoms. The molecule has 0 saturated carbocycles. The second-order valence-electron chi connectivity index (χ2n) is 3.32. The summed E-state index contributed by atoms with van der Waals surface area (Å²) in [6, 6.07) is 3.93. The smallest absolute Gasteiger partial charge is 0.118 e. The van der Waals surface area contributed by atoms with Gasteiger partial charge in [-0.1, -0.05) is 19.8 Å². The van der Waals surface area contributed by atoms with Crippen LogP contribution in [0.15, 0.2) is 22.8 Å². The van der Waals surface area contributed by atoms with Gasteiger partial charge in [-0.15, -0.1) is 11.8 Å². The van der Waals surface area contributed by atoms with Gasteiger partial charge in [0.2, 0.25) is 0 Å². The fraction of sp³-hybridized carbons (Fsp3) is 0.636. The highest BCUT2D eigenvalue weighted by Gasteiger charge is 2.11. The summed E-state index contributed by atoms with van der Waals surface area (Å²) < 4.78 is 5.34. The highest BCUT2D eigenvalue weighted by Crippen LogP contribution is 2.28. The molecule has 0 aliphatic rings. The number of unbranched alkanes of at least 4 members (excludes halogenated alkanes) is 2. The van der Waals surface area contributed by atoms with Crippen LogP contribution in [0.4, 0.5) is 0 Å². The minimum Gasteiger partial charge on any atom is -0.468 e. The van der Waals surface area contributed by atoms with E-state index in [9.17, 15) is 0 Å². The van der Waals surface area contributed by atoms with Gasteiger partial charge in [0.25, 0.3) is 0 Å². The van der Waals surface area contributed by atoms with E-state index >= 15 is 0 Å². The summed E-state index contributed by atoms with van der Waals surface area (Å²) in [6.45, 7) is 2.88. The summed E-state index contributed by atoms with van der Waals surface area (Å²) in [5.41, 5.74) is 5.70. The van der Waals surface area contributed by atoms with Crippen LogP contribution >= 0.6 is 11.8 Å². The first-order valence-corrected chi connectivity index (χ1v) is 6.28. The summed E-state index contributed by atoms with van der Waals surface area (Å²) in [6.07, 6.45) is 5.57. The van der Waals surface area contributed by atoms with Crippen LogP contribution in [-0.4, -0.2) is 12.3 Å². The van der Waals surface area contributed by atoms with Crippen molar-refractivity contribution in [2.45, 2.75) is 31.4 Å². The topological polar surface area (TPSA) is 39.2 Å². The first-order valence-electron chi connectivity index (χ1n) is 5.23. The third kappa shape index (κ3) is 3.76. The van der Waals surface area contributed by atoms with Gasteiger partial charge in [0, 0.05) is 6.54 Å². The third-order valence-corrected chi connectivity index (χ3v) is 3.49. The summed E-state index contributed by atoms with van der Waals surface area (Å²) in [5.74, 6) is 2.19. The van der Waals surface area contributed by atoms with Crippen LogP contribution in [-0.2, 0) is 0 Å². The van der Waals surface area contributed by atoms with E-state index in [2.05, 4.69) is 6.92 Å². The number of nitrogens with two attached hydrogens (primary N) is 1. The molecule has 2 nitrogen and oxygen atoms in total. The molecule has 0 aromatic carbocycles. The zero-order valence-electron chi connectivity index (χ0n) is 8.74. The van der Waals surface area contributed by atoms with Gasteiger partial charge >= 0.3 is 0 Å². The Morgan fingerprint density at radius 1 is 1.50 bits per heavy atom. The minimum absolute atomic E-state index is 0.335. The molecular weight excluding hydrogens is 194 g/mol. The molecule has 0 bridgehead atoms. The van der Waals surface area contributed by atoms with Crippen molar-refractivity contribution >= 4 is 11.8 Å². The van der Waals surface area contributed by atoms with Crippen LogP contribution in [0.1, 0.15) is 37.2 Å². The Bertz CT molecular complexity index is 223. The van der Waals surface area contributed by atoms with E-state index in [1.165, 1.54) is 25.0 Å². The molecule has 80 valence electrons. The maximum atomic E-state index is 5.70. The molecule has 0 saturated heterocycles. The lowest BCUT2D eigenvalue weighted by molar-refractivity contribution is 0.507. The normalized spacial score (nSPS) is 13.0. The maximum Gasteiger partial charge on any atom is 0.118 e. The molecule has 1 heterocycles. The molecule has 1 unspecified atom stereocenters. The summed E-state index contributed by atoms with van der Waals surface area (Å²) in [7, 11) is 0. The van der Waals surface area contributed by atoms with E-state index in [0.29, 0.717) is 11.8 Å². The van der Waals surface area contributed by atoms with Crippen LogP contribution in [0.3, 0.4) is 0 Å². The van der Waals surface area contributed by atoms with E-state index < -0.39 is 0 Å². The maximum absolute atomic E-state index is 5.70. The Balaban J connectivity index is 2.26. The average Bonchev–Trinajstić information content (AvgIpc) is 2.71. The van der Waals surface area contributed by atoms with Crippen molar-refractivity contribution in [3.63, 3.8) is 0 Å². The third-order valence-electron chi connectivity index (χ3n) is 2.14. The largest absolute Gasteiger partial charge is 0.468 e. The highest BCUT2D eigenvalue weighted by molar-refractivity contribution is 7.99. The molecular formula is C11H19NOS. The second kappa shape index (κ2) is 6.96. The lowest BCUT2D eigenvalue weighted by Gasteiger charge is -2.10. The molecule has 0 aliphatic heterocycles. The zero-order valence-corrected chi connectivity index (χ0v) is 9.56. The Hall–Kier alpha value is -0.410. The van der Waals surface area contributed by atoms with Crippen LogP contribution in [0.25, 0.3) is 0 Å². The van der Waals surface area contributed by atoms with Gasteiger partial charge in [-0.3, -0.25) is 0 Å². The molecule has 0 amide bonds. The van der Waals surface area contributed by atoms with E-state index in [0.717, 1.165) is 5.76 Å². The molecule has 0 radical (unpaired) electrons. The number of hydrogen-bond acceptors (Lipinski definition) is 3. The quantitative estimate of drug-likeness (QED) is 0.707. The molecule has 1 atom stereocenters. The SMILES string of the molecule is CCCCCSC(CN)c1ccco1. The van der Waals surface area contributed by atoms with E-state index in [4.69, 9.17) is 10.2 Å². The van der Waals surface area contributed by atoms with Gasteiger partial charge in [0.15, 0.2) is 0 Å². The van der Waals surface area contributed by atoms with Crippen molar-refractivity contribution in [1.82, 2.24) is 0 Å². The summed E-state index contributed by atoms with van der Waals surface area (Å²) in [4.78, 5) is 0. The predicted octanol–water partition coefficient (Wildman–Crippen LogP) is 3.20. The fourth-order valence-electron chi connectivity index (χ4n) is 1.32. The fourth-order valence-corrected chi connectivity index (χ4v) is 2.41. The molecule has 0 spiro atoms. The van der Waals surface area contributed by atoms with Gasteiger partial charge in [0.05, 0.1) is 11.5 Å². The number of thioether (sulfide) groups is 1. The second-order valence-corrected chi connectivity index (χ2v) is 4.63. The first-order chi connectivity index (χ1) is 6.88. The average molecular weight is 213 g/mol. The van der Waals surface area contributed by atoms with Gasteiger partial charge in [-0.2, -0.15) is 0 Å². The number of rotatable bonds is 7. The Labute approximate surface area is 90.2 Å². The van der Waals surface area contributed by atoms with Crippen LogP contribution in [0, 0.1) is 0 Å². The van der Waals surface area contributed by atoms with Crippen LogP contribution in [0.5, 0.6) is 0 Å². The number of furan rings is 1. The molecule has 0 aliphatic carbocycles. The monoisotopic (exact) mass is 213 g/mol. The lowest BCUT2D eigenvalue weighted by atomic mass is 10.3. The molecule has 1 rings (SSSR count). The van der Waals surface area contributed by atoms with Gasteiger partial charge in [-0.05, 0) is 24.3 Å². The first kappa shape index (κ1) is 11.7. The molecule has 0 fully saturated rings. The molecule has 1 aromatic heterocycles. The predicted molar refractivity (Wildman–Crippen MR) is 62.5 cm³/mol. The van der Waals surface area contributed by atoms with Crippen LogP contribution < -0.4 is 5.73 Å². The molecule has 3 heteroatoms. The van der Waals surface area contributed by atoms with Crippen molar-refractivity contribution in [2.75, 3.05) is 12.3 Å². The van der Waals surface area contributed by atoms with E-state index in [-0.39, 0.29) is 0 Å². The van der Waals surface area contributed by atoms with Gasteiger partial charge < -0.3 is 10.2 Å². The van der Waals surface area contributed by atoms with Crippen molar-refractivity contribution in [2.24, 2.45) is 5.73 Å². The minimum atomic E-state index is 0.335. The lowest BCUT2D eigenvalue weighted by Crippen LogP contribution is -2.09. The van der Waals surface area contributed by atoms with Crippen LogP contribution in [0.2, 0.25) is 0 Å². The molecule has 1 aromatic rings. The highest BCUT2D eigenvalue weighted by atomic mass is 32.2. The number of hydrogen-bond donors (Lipinski definition) is 1. The Morgan fingerprint density at radius 2 is 2.36 bits per heavy atom. The summed E-state index contributed by atoms with van der Waals surface area (Å²) in [5, 5.41) is 0.335. The zero-order chi connectivity index (χ0) is 10.2. The van der Waals surface area contributed by atoms with Gasteiger partial charge in [-0.25, -0.2) is 0 Å². The summed E-state index contributed by atoms with van der Waals surface area (Å²) >= 11 is 1.90. The Morgan fingerprint density at radius 3 is 2.93 bits per heavy atom. The molecule has 2 N–H and O–H groups in total. The Kier molecular flexibility index (Phi) is 5.80. The van der Waals surface area contributed by atoms with Crippen molar-refractivity contribution in [3.8, 4) is 0 Å². The standard InChI is InChI=1S/C11H19NOS/c1-2-3-4-8-14-11(9-12)10-6-5-7-13-10/h5-7,11H,2-4,8-9,12H2,1H3. The van der Waals surface area contributed by atoms with Crippen molar-refractivity contribution in [3.05, 3.63) is 24.2 Å². The van der Waals surface area contributed by atoms with E-state index in [1.54, 1.807) is 6.26 Å². The van der Waals surface area contributed by atoms with E-state index in [1.807, 2.05) is 23.9 Å².